The molecule has 2 N–H and O–H groups in total. The highest BCUT2D eigenvalue weighted by molar-refractivity contribution is 4.76. The number of nitrogens with two attached hydrogens (primary N) is 1. The van der Waals surface area contributed by atoms with Crippen LogP contribution >= 0.6 is 0 Å². The van der Waals surface area contributed by atoms with Crippen molar-refractivity contribution in [3.63, 3.8) is 0 Å². The van der Waals surface area contributed by atoms with Crippen molar-refractivity contribution in [3.05, 3.63) is 0 Å². The second-order valence-corrected chi connectivity index (χ2v) is 4.79. The van der Waals surface area contributed by atoms with Crippen LogP contribution in [0.3, 0.4) is 0 Å². The molecule has 0 saturated heterocycles. The third-order valence-electron chi connectivity index (χ3n) is 3.66. The Morgan fingerprint density at radius 2 is 1.94 bits per heavy atom. The molecule has 1 fully saturated rings. The Balaban J connectivity index is 2.00. The minimum atomic E-state index is 0.697. The molecular weight excluding hydrogens is 202 g/mol. The first-order valence-corrected chi connectivity index (χ1v) is 6.65. The van der Waals surface area contributed by atoms with Crippen molar-refractivity contribution < 1.29 is 9.47 Å². The lowest BCUT2D eigenvalue weighted by Gasteiger charge is -2.21. The molecule has 0 aromatic heterocycles. The smallest absolute Gasteiger partial charge is 0.0700 e. The molecule has 3 heteroatoms. The molecule has 0 radical (unpaired) electrons. The molecule has 0 aromatic carbocycles. The summed E-state index contributed by atoms with van der Waals surface area (Å²) in [6.45, 7) is 3.12. The van der Waals surface area contributed by atoms with Gasteiger partial charge in [0.05, 0.1) is 13.2 Å². The zero-order valence-corrected chi connectivity index (χ0v) is 10.6. The van der Waals surface area contributed by atoms with Crippen LogP contribution < -0.4 is 5.73 Å². The van der Waals surface area contributed by atoms with Crippen LogP contribution in [0.25, 0.3) is 0 Å². The van der Waals surface area contributed by atoms with Gasteiger partial charge in [-0.25, -0.2) is 0 Å². The second-order valence-electron chi connectivity index (χ2n) is 4.79. The largest absolute Gasteiger partial charge is 0.382 e. The molecule has 1 aliphatic carbocycles. The van der Waals surface area contributed by atoms with Gasteiger partial charge in [-0.1, -0.05) is 25.7 Å². The molecule has 0 amide bonds. The molecule has 1 atom stereocenters. The number of hydrogen-bond donors (Lipinski definition) is 1. The van der Waals surface area contributed by atoms with Crippen molar-refractivity contribution in [2.75, 3.05) is 33.5 Å². The maximum absolute atomic E-state index is 5.85. The molecule has 1 rings (SSSR count). The van der Waals surface area contributed by atoms with E-state index in [2.05, 4.69) is 0 Å². The van der Waals surface area contributed by atoms with E-state index < -0.39 is 0 Å². The lowest BCUT2D eigenvalue weighted by molar-refractivity contribution is 0.0662. The molecule has 0 spiro atoms. The van der Waals surface area contributed by atoms with Crippen LogP contribution in [0.5, 0.6) is 0 Å². The molecule has 96 valence electrons. The summed E-state index contributed by atoms with van der Waals surface area (Å²) in [6.07, 6.45) is 7.98. The van der Waals surface area contributed by atoms with Gasteiger partial charge < -0.3 is 15.2 Å². The topological polar surface area (TPSA) is 44.5 Å². The Labute approximate surface area is 99.7 Å². The Hall–Kier alpha value is -0.120. The zero-order valence-electron chi connectivity index (χ0n) is 10.6. The van der Waals surface area contributed by atoms with E-state index in [1.165, 1.54) is 32.1 Å². The van der Waals surface area contributed by atoms with E-state index in [1.54, 1.807) is 7.11 Å². The lowest BCUT2D eigenvalue weighted by atomic mass is 9.87. The summed E-state index contributed by atoms with van der Waals surface area (Å²) in [7, 11) is 1.70. The van der Waals surface area contributed by atoms with Gasteiger partial charge in [0.2, 0.25) is 0 Å². The Bertz CT molecular complexity index is 158. The highest BCUT2D eigenvalue weighted by Gasteiger charge is 2.23. The van der Waals surface area contributed by atoms with Gasteiger partial charge in [0.1, 0.15) is 0 Å². The highest BCUT2D eigenvalue weighted by Crippen LogP contribution is 2.33. The summed E-state index contributed by atoms with van der Waals surface area (Å²) >= 11 is 0. The maximum atomic E-state index is 5.85. The SMILES string of the molecule is COCCOCCCC(CN)C1CCCC1. The number of ether oxygens (including phenoxy) is 2. The summed E-state index contributed by atoms with van der Waals surface area (Å²) in [6, 6.07) is 0. The quantitative estimate of drug-likeness (QED) is 0.616. The van der Waals surface area contributed by atoms with E-state index in [4.69, 9.17) is 15.2 Å². The van der Waals surface area contributed by atoms with Crippen LogP contribution in [0.2, 0.25) is 0 Å². The van der Waals surface area contributed by atoms with Gasteiger partial charge in [-0.2, -0.15) is 0 Å². The molecule has 0 aliphatic heterocycles. The highest BCUT2D eigenvalue weighted by atomic mass is 16.5. The molecule has 0 bridgehead atoms. The number of methoxy groups -OCH3 is 1. The van der Waals surface area contributed by atoms with Gasteiger partial charge in [0.25, 0.3) is 0 Å². The first kappa shape index (κ1) is 13.9. The lowest BCUT2D eigenvalue weighted by Crippen LogP contribution is -2.22. The van der Waals surface area contributed by atoms with Gasteiger partial charge in [-0.05, 0) is 31.2 Å². The summed E-state index contributed by atoms with van der Waals surface area (Å²) in [4.78, 5) is 0. The standard InChI is InChI=1S/C13H27NO2/c1-15-9-10-16-8-4-7-13(11-14)12-5-2-3-6-12/h12-13H,2-11,14H2,1H3. The van der Waals surface area contributed by atoms with Crippen LogP contribution in [0, 0.1) is 11.8 Å². The monoisotopic (exact) mass is 229 g/mol. The summed E-state index contributed by atoms with van der Waals surface area (Å²) in [5, 5.41) is 0. The first-order chi connectivity index (χ1) is 7.88. The zero-order chi connectivity index (χ0) is 11.6. The van der Waals surface area contributed by atoms with Crippen LogP contribution in [0.15, 0.2) is 0 Å². The predicted molar refractivity (Wildman–Crippen MR) is 66.4 cm³/mol. The van der Waals surface area contributed by atoms with Gasteiger partial charge in [0, 0.05) is 13.7 Å². The van der Waals surface area contributed by atoms with E-state index in [0.717, 1.165) is 31.4 Å². The fourth-order valence-corrected chi connectivity index (χ4v) is 2.67. The van der Waals surface area contributed by atoms with Crippen LogP contribution in [-0.2, 0) is 9.47 Å². The van der Waals surface area contributed by atoms with Gasteiger partial charge in [-0.3, -0.25) is 0 Å². The van der Waals surface area contributed by atoms with Crippen molar-refractivity contribution in [1.29, 1.82) is 0 Å². The molecule has 3 nitrogen and oxygen atoms in total. The fourth-order valence-electron chi connectivity index (χ4n) is 2.67. The van der Waals surface area contributed by atoms with E-state index in [1.807, 2.05) is 0 Å². The summed E-state index contributed by atoms with van der Waals surface area (Å²) < 4.78 is 10.4. The Morgan fingerprint density at radius 3 is 2.56 bits per heavy atom. The van der Waals surface area contributed by atoms with Crippen LogP contribution in [0.4, 0.5) is 0 Å². The molecular formula is C13H27NO2. The third-order valence-corrected chi connectivity index (χ3v) is 3.66. The summed E-state index contributed by atoms with van der Waals surface area (Å²) in [5.74, 6) is 1.62. The van der Waals surface area contributed by atoms with Crippen LogP contribution in [0.1, 0.15) is 38.5 Å². The average molecular weight is 229 g/mol. The van der Waals surface area contributed by atoms with Crippen molar-refractivity contribution in [3.8, 4) is 0 Å². The normalized spacial score (nSPS) is 19.1. The number of hydrogen-bond acceptors (Lipinski definition) is 3. The predicted octanol–water partition coefficient (Wildman–Crippen LogP) is 2.19. The van der Waals surface area contributed by atoms with E-state index in [9.17, 15) is 0 Å². The van der Waals surface area contributed by atoms with Crippen molar-refractivity contribution in [2.45, 2.75) is 38.5 Å². The fraction of sp³-hybridized carbons (Fsp3) is 1.00. The molecule has 0 heterocycles. The van der Waals surface area contributed by atoms with E-state index >= 15 is 0 Å². The molecule has 1 aliphatic rings. The van der Waals surface area contributed by atoms with Crippen molar-refractivity contribution in [1.82, 2.24) is 0 Å². The molecule has 1 saturated carbocycles. The molecule has 16 heavy (non-hydrogen) atoms. The van der Waals surface area contributed by atoms with Gasteiger partial charge in [-0.15, -0.1) is 0 Å². The molecule has 1 unspecified atom stereocenters. The minimum Gasteiger partial charge on any atom is -0.382 e. The average Bonchev–Trinajstić information content (AvgIpc) is 2.82. The summed E-state index contributed by atoms with van der Waals surface area (Å²) in [5.41, 5.74) is 5.85. The van der Waals surface area contributed by atoms with Gasteiger partial charge >= 0.3 is 0 Å². The van der Waals surface area contributed by atoms with E-state index in [0.29, 0.717) is 13.2 Å². The first-order valence-electron chi connectivity index (χ1n) is 6.65. The maximum Gasteiger partial charge on any atom is 0.0700 e. The second kappa shape index (κ2) is 8.97. The van der Waals surface area contributed by atoms with Crippen molar-refractivity contribution in [2.24, 2.45) is 17.6 Å². The Kier molecular flexibility index (Phi) is 7.81. The Morgan fingerprint density at radius 1 is 1.19 bits per heavy atom. The third kappa shape index (κ3) is 5.28. The van der Waals surface area contributed by atoms with E-state index in [-0.39, 0.29) is 0 Å². The number of rotatable bonds is 9. The minimum absolute atomic E-state index is 0.697. The van der Waals surface area contributed by atoms with Crippen molar-refractivity contribution >= 4 is 0 Å². The molecule has 0 aromatic rings. The van der Waals surface area contributed by atoms with Gasteiger partial charge in [0.15, 0.2) is 0 Å². The van der Waals surface area contributed by atoms with Crippen LogP contribution in [-0.4, -0.2) is 33.5 Å².